The van der Waals surface area contributed by atoms with E-state index in [4.69, 9.17) is 11.6 Å². The Balaban J connectivity index is 3.03. The first-order valence-corrected chi connectivity index (χ1v) is 7.00. The fourth-order valence-corrected chi connectivity index (χ4v) is 2.78. The smallest absolute Gasteiger partial charge is 0.0411 e. The van der Waals surface area contributed by atoms with Crippen molar-refractivity contribution in [3.8, 4) is 0 Å². The highest BCUT2D eigenvalue weighted by molar-refractivity contribution is 6.30. The Hall–Kier alpha value is -0.530. The van der Waals surface area contributed by atoms with Crippen molar-refractivity contribution in [3.05, 3.63) is 34.3 Å². The fraction of sp³-hybridized carbons (Fsp3) is 0.600. The highest BCUT2D eigenvalue weighted by atomic mass is 35.5. The summed E-state index contributed by atoms with van der Waals surface area (Å²) in [6.45, 7) is 9.77. The number of benzene rings is 1. The molecule has 1 aromatic carbocycles. The average molecular weight is 254 g/mol. The van der Waals surface area contributed by atoms with Crippen LogP contribution in [0.5, 0.6) is 0 Å². The Kier molecular flexibility index (Phi) is 6.01. The van der Waals surface area contributed by atoms with Crippen molar-refractivity contribution in [2.75, 3.05) is 6.54 Å². The van der Waals surface area contributed by atoms with Crippen LogP contribution in [0.3, 0.4) is 0 Å². The van der Waals surface area contributed by atoms with Gasteiger partial charge in [0.2, 0.25) is 0 Å². The summed E-state index contributed by atoms with van der Waals surface area (Å²) in [6, 6.07) is 6.78. The summed E-state index contributed by atoms with van der Waals surface area (Å²) in [5, 5.41) is 4.44. The van der Waals surface area contributed by atoms with E-state index in [0.717, 1.165) is 11.6 Å². The minimum absolute atomic E-state index is 0.424. The van der Waals surface area contributed by atoms with Gasteiger partial charge in [-0.2, -0.15) is 0 Å². The Morgan fingerprint density at radius 1 is 1.12 bits per heavy atom. The first kappa shape index (κ1) is 14.5. The van der Waals surface area contributed by atoms with Crippen molar-refractivity contribution in [1.82, 2.24) is 5.32 Å². The Morgan fingerprint density at radius 3 is 2.24 bits per heavy atom. The van der Waals surface area contributed by atoms with Gasteiger partial charge in [-0.1, -0.05) is 51.3 Å². The molecule has 1 aromatic rings. The lowest BCUT2D eigenvalue weighted by Gasteiger charge is -2.27. The van der Waals surface area contributed by atoms with E-state index in [-0.39, 0.29) is 0 Å². The monoisotopic (exact) mass is 253 g/mol. The molecule has 0 amide bonds. The van der Waals surface area contributed by atoms with Gasteiger partial charge in [0.05, 0.1) is 0 Å². The molecule has 0 saturated carbocycles. The first-order chi connectivity index (χ1) is 8.12. The number of aryl methyl sites for hydroxylation is 1. The third-order valence-corrected chi connectivity index (χ3v) is 3.59. The maximum Gasteiger partial charge on any atom is 0.0411 e. The molecule has 17 heavy (non-hydrogen) atoms. The number of nitrogens with one attached hydrogen (secondary N) is 1. The van der Waals surface area contributed by atoms with Crippen LogP contribution in [0.2, 0.25) is 5.02 Å². The molecule has 0 aliphatic rings. The maximum atomic E-state index is 6.16. The molecule has 1 rings (SSSR count). The second-order valence-corrected chi connectivity index (χ2v) is 5.11. The van der Waals surface area contributed by atoms with Crippen LogP contribution in [0.4, 0.5) is 0 Å². The molecule has 0 aromatic heterocycles. The minimum atomic E-state index is 0.424. The number of halogens is 1. The molecule has 2 heteroatoms. The van der Waals surface area contributed by atoms with Crippen molar-refractivity contribution in [1.29, 1.82) is 0 Å². The van der Waals surface area contributed by atoms with Gasteiger partial charge in [-0.3, -0.25) is 0 Å². The second kappa shape index (κ2) is 7.03. The van der Waals surface area contributed by atoms with Crippen molar-refractivity contribution >= 4 is 11.6 Å². The quantitative estimate of drug-likeness (QED) is 0.773. The normalized spacial score (nSPS) is 13.1. The van der Waals surface area contributed by atoms with E-state index in [1.165, 1.54) is 24.0 Å². The molecule has 0 heterocycles. The van der Waals surface area contributed by atoms with Crippen LogP contribution in [0, 0.1) is 12.8 Å². The minimum Gasteiger partial charge on any atom is -0.310 e. The van der Waals surface area contributed by atoms with Crippen LogP contribution in [0.15, 0.2) is 18.2 Å². The lowest BCUT2D eigenvalue weighted by atomic mass is 9.88. The zero-order valence-corrected chi connectivity index (χ0v) is 12.1. The molecule has 0 fully saturated rings. The summed E-state index contributed by atoms with van der Waals surface area (Å²) in [6.07, 6.45) is 2.39. The van der Waals surface area contributed by atoms with Crippen molar-refractivity contribution in [2.24, 2.45) is 5.92 Å². The first-order valence-electron chi connectivity index (χ1n) is 6.62. The molecule has 1 N–H and O–H groups in total. The van der Waals surface area contributed by atoms with Gasteiger partial charge in [-0.05, 0) is 42.6 Å². The molecular weight excluding hydrogens is 230 g/mol. The zero-order chi connectivity index (χ0) is 12.8. The predicted octanol–water partition coefficient (Wildman–Crippen LogP) is 4.74. The van der Waals surface area contributed by atoms with Crippen molar-refractivity contribution < 1.29 is 0 Å². The van der Waals surface area contributed by atoms with E-state index >= 15 is 0 Å². The largest absolute Gasteiger partial charge is 0.310 e. The van der Waals surface area contributed by atoms with Gasteiger partial charge in [-0.15, -0.1) is 0 Å². The van der Waals surface area contributed by atoms with Gasteiger partial charge >= 0.3 is 0 Å². The highest BCUT2D eigenvalue weighted by Crippen LogP contribution is 2.29. The third kappa shape index (κ3) is 4.01. The lowest BCUT2D eigenvalue weighted by Crippen LogP contribution is -2.27. The van der Waals surface area contributed by atoms with E-state index in [9.17, 15) is 0 Å². The van der Waals surface area contributed by atoms with E-state index in [2.05, 4.69) is 45.1 Å². The van der Waals surface area contributed by atoms with E-state index < -0.39 is 0 Å². The van der Waals surface area contributed by atoms with Gasteiger partial charge in [0.15, 0.2) is 0 Å². The maximum absolute atomic E-state index is 6.16. The van der Waals surface area contributed by atoms with Crippen LogP contribution in [0.1, 0.15) is 50.8 Å². The van der Waals surface area contributed by atoms with Crippen LogP contribution in [-0.2, 0) is 0 Å². The SMILES string of the molecule is CCNC(c1cc(C)cc(Cl)c1)C(CC)CC. The summed E-state index contributed by atoms with van der Waals surface area (Å²) in [4.78, 5) is 0. The van der Waals surface area contributed by atoms with Gasteiger partial charge in [0, 0.05) is 11.1 Å². The molecule has 0 saturated heterocycles. The van der Waals surface area contributed by atoms with Crippen molar-refractivity contribution in [3.63, 3.8) is 0 Å². The predicted molar refractivity (Wildman–Crippen MR) is 76.7 cm³/mol. The van der Waals surface area contributed by atoms with Crippen LogP contribution < -0.4 is 5.32 Å². The standard InChI is InChI=1S/C15H24ClN/c1-5-12(6-2)15(17-7-3)13-8-11(4)9-14(16)10-13/h8-10,12,15,17H,5-7H2,1-4H3. The summed E-state index contributed by atoms with van der Waals surface area (Å²) in [5.41, 5.74) is 2.56. The van der Waals surface area contributed by atoms with Gasteiger partial charge in [-0.25, -0.2) is 0 Å². The molecule has 0 aliphatic heterocycles. The molecule has 0 radical (unpaired) electrons. The van der Waals surface area contributed by atoms with Crippen LogP contribution in [0.25, 0.3) is 0 Å². The Morgan fingerprint density at radius 2 is 1.76 bits per heavy atom. The Labute approximate surface area is 111 Å². The molecule has 0 bridgehead atoms. The lowest BCUT2D eigenvalue weighted by molar-refractivity contribution is 0.346. The van der Waals surface area contributed by atoms with Gasteiger partial charge in [0.25, 0.3) is 0 Å². The third-order valence-electron chi connectivity index (χ3n) is 3.37. The zero-order valence-electron chi connectivity index (χ0n) is 11.4. The Bertz CT molecular complexity index is 325. The molecule has 96 valence electrons. The molecule has 1 atom stereocenters. The van der Waals surface area contributed by atoms with Crippen LogP contribution >= 0.6 is 11.6 Å². The van der Waals surface area contributed by atoms with Crippen molar-refractivity contribution in [2.45, 2.75) is 46.6 Å². The second-order valence-electron chi connectivity index (χ2n) is 4.67. The van der Waals surface area contributed by atoms with Gasteiger partial charge in [0.1, 0.15) is 0 Å². The number of hydrogen-bond donors (Lipinski definition) is 1. The van der Waals surface area contributed by atoms with E-state index in [1.807, 2.05) is 6.07 Å². The molecule has 0 spiro atoms. The number of hydrogen-bond acceptors (Lipinski definition) is 1. The van der Waals surface area contributed by atoms with E-state index in [1.54, 1.807) is 0 Å². The summed E-state index contributed by atoms with van der Waals surface area (Å²) < 4.78 is 0. The fourth-order valence-electron chi connectivity index (χ4n) is 2.48. The summed E-state index contributed by atoms with van der Waals surface area (Å²) in [7, 11) is 0. The number of rotatable bonds is 6. The van der Waals surface area contributed by atoms with E-state index in [0.29, 0.717) is 12.0 Å². The highest BCUT2D eigenvalue weighted by Gasteiger charge is 2.19. The molecular formula is C15H24ClN. The average Bonchev–Trinajstić information content (AvgIpc) is 2.28. The summed E-state index contributed by atoms with van der Waals surface area (Å²) in [5.74, 6) is 0.674. The molecule has 1 nitrogen and oxygen atoms in total. The summed E-state index contributed by atoms with van der Waals surface area (Å²) >= 11 is 6.16. The molecule has 0 aliphatic carbocycles. The topological polar surface area (TPSA) is 12.0 Å². The van der Waals surface area contributed by atoms with Crippen LogP contribution in [-0.4, -0.2) is 6.54 Å². The van der Waals surface area contributed by atoms with Gasteiger partial charge < -0.3 is 5.32 Å². The molecule has 1 unspecified atom stereocenters.